The first-order chi connectivity index (χ1) is 10.1. The smallest absolute Gasteiger partial charge is 0.223 e. The Labute approximate surface area is 125 Å². The van der Waals surface area contributed by atoms with Crippen molar-refractivity contribution in [3.05, 3.63) is 28.2 Å². The van der Waals surface area contributed by atoms with Gasteiger partial charge >= 0.3 is 0 Å². The number of aromatic nitrogens is 1. The number of rotatable bonds is 5. The number of hydrogen-bond acceptors (Lipinski definition) is 4. The van der Waals surface area contributed by atoms with Crippen LogP contribution in [-0.2, 0) is 6.54 Å². The average Bonchev–Trinajstić information content (AvgIpc) is 2.72. The first-order valence-corrected chi connectivity index (χ1v) is 7.85. The van der Waals surface area contributed by atoms with Gasteiger partial charge in [0, 0.05) is 30.9 Å². The SMILES string of the molecule is CN(CCO)Cc1cc(=O)c(O)cn1C1CCCCCC1. The van der Waals surface area contributed by atoms with E-state index in [0.717, 1.165) is 18.5 Å². The zero-order valence-corrected chi connectivity index (χ0v) is 12.8. The van der Waals surface area contributed by atoms with Crippen LogP contribution in [0.15, 0.2) is 17.1 Å². The molecule has 0 bridgehead atoms. The van der Waals surface area contributed by atoms with E-state index in [2.05, 4.69) is 4.57 Å². The Hall–Kier alpha value is -1.33. The van der Waals surface area contributed by atoms with Crippen molar-refractivity contribution < 1.29 is 10.2 Å². The van der Waals surface area contributed by atoms with Crippen LogP contribution < -0.4 is 5.43 Å². The van der Waals surface area contributed by atoms with Crippen molar-refractivity contribution in [2.24, 2.45) is 0 Å². The van der Waals surface area contributed by atoms with E-state index in [0.29, 0.717) is 19.1 Å². The van der Waals surface area contributed by atoms with Gasteiger partial charge in [-0.3, -0.25) is 9.69 Å². The fourth-order valence-electron chi connectivity index (χ4n) is 3.11. The van der Waals surface area contributed by atoms with Crippen LogP contribution in [0.5, 0.6) is 5.75 Å². The molecule has 1 aliphatic rings. The van der Waals surface area contributed by atoms with Gasteiger partial charge in [0.05, 0.1) is 12.8 Å². The lowest BCUT2D eigenvalue weighted by atomic mass is 10.1. The molecular formula is C16H26N2O3. The summed E-state index contributed by atoms with van der Waals surface area (Å²) in [6.07, 6.45) is 8.72. The number of nitrogens with zero attached hydrogens (tertiary/aromatic N) is 2. The number of pyridine rings is 1. The highest BCUT2D eigenvalue weighted by Gasteiger charge is 2.18. The minimum atomic E-state index is -0.327. The molecule has 5 nitrogen and oxygen atoms in total. The highest BCUT2D eigenvalue weighted by Crippen LogP contribution is 2.29. The predicted molar refractivity (Wildman–Crippen MR) is 82.5 cm³/mol. The molecule has 1 saturated carbocycles. The topological polar surface area (TPSA) is 65.7 Å². The van der Waals surface area contributed by atoms with Gasteiger partial charge in [-0.15, -0.1) is 0 Å². The molecule has 0 atom stereocenters. The summed E-state index contributed by atoms with van der Waals surface area (Å²) in [4.78, 5) is 13.7. The van der Waals surface area contributed by atoms with Crippen LogP contribution >= 0.6 is 0 Å². The van der Waals surface area contributed by atoms with Crippen molar-refractivity contribution in [3.63, 3.8) is 0 Å². The van der Waals surface area contributed by atoms with Gasteiger partial charge in [0.1, 0.15) is 0 Å². The van der Waals surface area contributed by atoms with Gasteiger partial charge in [0.25, 0.3) is 0 Å². The summed E-state index contributed by atoms with van der Waals surface area (Å²) in [6, 6.07) is 1.89. The van der Waals surface area contributed by atoms with Crippen LogP contribution in [-0.4, -0.2) is 39.9 Å². The second kappa shape index (κ2) is 7.61. The van der Waals surface area contributed by atoms with Crippen LogP contribution in [0.1, 0.15) is 50.3 Å². The Morgan fingerprint density at radius 2 is 1.95 bits per heavy atom. The molecule has 0 aliphatic heterocycles. The third-order valence-electron chi connectivity index (χ3n) is 4.27. The van der Waals surface area contributed by atoms with Crippen molar-refractivity contribution in [2.45, 2.75) is 51.1 Å². The summed E-state index contributed by atoms with van der Waals surface area (Å²) >= 11 is 0. The molecule has 0 saturated heterocycles. The monoisotopic (exact) mass is 294 g/mol. The van der Waals surface area contributed by atoms with E-state index >= 15 is 0 Å². The van der Waals surface area contributed by atoms with E-state index in [-0.39, 0.29) is 17.8 Å². The van der Waals surface area contributed by atoms with Gasteiger partial charge in [-0.2, -0.15) is 0 Å². The van der Waals surface area contributed by atoms with Gasteiger partial charge in [-0.1, -0.05) is 25.7 Å². The molecule has 5 heteroatoms. The molecule has 0 amide bonds. The standard InChI is InChI=1S/C16H26N2O3/c1-17(8-9-19)11-14-10-15(20)16(21)12-18(14)13-6-4-2-3-5-7-13/h10,12-13,19,21H,2-9,11H2,1H3. The summed E-state index contributed by atoms with van der Waals surface area (Å²) in [6.45, 7) is 1.27. The van der Waals surface area contributed by atoms with E-state index in [1.807, 2.05) is 11.9 Å². The van der Waals surface area contributed by atoms with Crippen LogP contribution in [0.3, 0.4) is 0 Å². The second-order valence-corrected chi connectivity index (χ2v) is 6.03. The summed E-state index contributed by atoms with van der Waals surface area (Å²) in [5.41, 5.74) is 0.591. The molecule has 1 aromatic rings. The van der Waals surface area contributed by atoms with Crippen LogP contribution in [0.2, 0.25) is 0 Å². The number of hydrogen-bond donors (Lipinski definition) is 2. The maximum atomic E-state index is 11.8. The molecule has 0 aromatic carbocycles. The Bertz CT molecular complexity index is 505. The Morgan fingerprint density at radius 1 is 1.29 bits per heavy atom. The minimum absolute atomic E-state index is 0.0994. The molecule has 1 aliphatic carbocycles. The van der Waals surface area contributed by atoms with Crippen molar-refractivity contribution in [3.8, 4) is 5.75 Å². The van der Waals surface area contributed by atoms with Gasteiger partial charge in [-0.25, -0.2) is 0 Å². The molecular weight excluding hydrogens is 268 g/mol. The van der Waals surface area contributed by atoms with Crippen molar-refractivity contribution in [1.82, 2.24) is 9.47 Å². The normalized spacial score (nSPS) is 17.1. The lowest BCUT2D eigenvalue weighted by Gasteiger charge is -2.25. The van der Waals surface area contributed by atoms with Gasteiger partial charge in [0.2, 0.25) is 5.43 Å². The lowest BCUT2D eigenvalue weighted by molar-refractivity contribution is 0.212. The fraction of sp³-hybridized carbons (Fsp3) is 0.688. The van der Waals surface area contributed by atoms with E-state index in [4.69, 9.17) is 5.11 Å². The molecule has 0 spiro atoms. The Balaban J connectivity index is 2.28. The van der Waals surface area contributed by atoms with Gasteiger partial charge in [0.15, 0.2) is 5.75 Å². The first-order valence-electron chi connectivity index (χ1n) is 7.85. The summed E-state index contributed by atoms with van der Waals surface area (Å²) < 4.78 is 2.08. The summed E-state index contributed by atoms with van der Waals surface area (Å²) in [5, 5.41) is 18.8. The van der Waals surface area contributed by atoms with E-state index in [1.165, 1.54) is 31.7 Å². The van der Waals surface area contributed by atoms with E-state index < -0.39 is 0 Å². The number of aliphatic hydroxyl groups excluding tert-OH is 1. The van der Waals surface area contributed by atoms with Crippen LogP contribution in [0.4, 0.5) is 0 Å². The average molecular weight is 294 g/mol. The second-order valence-electron chi connectivity index (χ2n) is 6.03. The third kappa shape index (κ3) is 4.32. The zero-order valence-electron chi connectivity index (χ0n) is 12.8. The number of aromatic hydroxyl groups is 1. The Morgan fingerprint density at radius 3 is 2.57 bits per heavy atom. The third-order valence-corrected chi connectivity index (χ3v) is 4.27. The predicted octanol–water partition coefficient (Wildman–Crippen LogP) is 1.87. The number of aliphatic hydroxyl groups is 1. The molecule has 21 heavy (non-hydrogen) atoms. The maximum absolute atomic E-state index is 11.8. The molecule has 1 aromatic heterocycles. The molecule has 0 unspecified atom stereocenters. The molecule has 2 rings (SSSR count). The van der Waals surface area contributed by atoms with E-state index in [9.17, 15) is 9.90 Å². The maximum Gasteiger partial charge on any atom is 0.223 e. The van der Waals surface area contributed by atoms with Crippen molar-refractivity contribution >= 4 is 0 Å². The molecule has 2 N–H and O–H groups in total. The molecule has 1 fully saturated rings. The minimum Gasteiger partial charge on any atom is -0.503 e. The zero-order chi connectivity index (χ0) is 15.2. The summed E-state index contributed by atoms with van der Waals surface area (Å²) in [7, 11) is 1.92. The Kier molecular flexibility index (Phi) is 5.82. The van der Waals surface area contributed by atoms with Gasteiger partial charge in [-0.05, 0) is 19.9 Å². The van der Waals surface area contributed by atoms with E-state index in [1.54, 1.807) is 6.20 Å². The highest BCUT2D eigenvalue weighted by atomic mass is 16.3. The highest BCUT2D eigenvalue weighted by molar-refractivity contribution is 5.21. The van der Waals surface area contributed by atoms with Crippen LogP contribution in [0.25, 0.3) is 0 Å². The largest absolute Gasteiger partial charge is 0.503 e. The van der Waals surface area contributed by atoms with Crippen LogP contribution in [0, 0.1) is 0 Å². The van der Waals surface area contributed by atoms with Crippen molar-refractivity contribution in [1.29, 1.82) is 0 Å². The molecule has 118 valence electrons. The van der Waals surface area contributed by atoms with Crippen molar-refractivity contribution in [2.75, 3.05) is 20.2 Å². The van der Waals surface area contributed by atoms with Gasteiger partial charge < -0.3 is 14.8 Å². The number of likely N-dealkylation sites (N-methyl/N-ethyl adjacent to an activating group) is 1. The molecule has 0 radical (unpaired) electrons. The quantitative estimate of drug-likeness (QED) is 0.814. The fourth-order valence-corrected chi connectivity index (χ4v) is 3.11. The summed E-state index contributed by atoms with van der Waals surface area (Å²) in [5.74, 6) is -0.173. The molecule has 1 heterocycles. The lowest BCUT2D eigenvalue weighted by Crippen LogP contribution is -2.26. The first kappa shape index (κ1) is 16.0.